The molecule has 6 nitrogen and oxygen atoms in total. The smallest absolute Gasteiger partial charge is 0.244 e. The number of ether oxygens (including phenoxy) is 1. The van der Waals surface area contributed by atoms with E-state index in [2.05, 4.69) is 26.2 Å². The normalized spacial score (nSPS) is 15.3. The van der Waals surface area contributed by atoms with Crippen LogP contribution < -0.4 is 9.64 Å². The summed E-state index contributed by atoms with van der Waals surface area (Å²) in [5, 5.41) is 3.20. The molecule has 0 atom stereocenters. The molecule has 1 aromatic heterocycles. The molecule has 0 aliphatic carbocycles. The van der Waals surface area contributed by atoms with Gasteiger partial charge in [0.1, 0.15) is 10.6 Å². The Morgan fingerprint density at radius 1 is 1.13 bits per heavy atom. The molecule has 31 heavy (non-hydrogen) atoms. The lowest BCUT2D eigenvalue weighted by molar-refractivity contribution is 0.384. The molecule has 0 unspecified atom stereocenters. The molecule has 0 N–H and O–H groups in total. The third-order valence-electron chi connectivity index (χ3n) is 5.10. The maximum absolute atomic E-state index is 13.0. The average Bonchev–Trinajstić information content (AvgIpc) is 3.22. The summed E-state index contributed by atoms with van der Waals surface area (Å²) in [6.07, 6.45) is 0.747. The van der Waals surface area contributed by atoms with E-state index in [1.807, 2.05) is 24.3 Å². The highest BCUT2D eigenvalue weighted by molar-refractivity contribution is 9.10. The predicted octanol–water partition coefficient (Wildman–Crippen LogP) is 4.67. The fourth-order valence-corrected chi connectivity index (χ4v) is 6.73. The Morgan fingerprint density at radius 2 is 1.84 bits per heavy atom. The van der Waals surface area contributed by atoms with Gasteiger partial charge in [0.15, 0.2) is 5.13 Å². The van der Waals surface area contributed by atoms with Gasteiger partial charge < -0.3 is 9.64 Å². The van der Waals surface area contributed by atoms with Crippen molar-refractivity contribution in [2.75, 3.05) is 38.2 Å². The van der Waals surface area contributed by atoms with Crippen LogP contribution in [0.25, 0.3) is 0 Å². The highest BCUT2D eigenvalue weighted by Gasteiger charge is 2.30. The zero-order chi connectivity index (χ0) is 22.0. The Bertz CT molecular complexity index is 1160. The zero-order valence-electron chi connectivity index (χ0n) is 16.8. The number of methoxy groups -OCH3 is 1. The van der Waals surface area contributed by atoms with Crippen LogP contribution in [0.15, 0.2) is 57.2 Å². The fourth-order valence-electron chi connectivity index (χ4n) is 3.42. The molecule has 0 amide bonds. The molecule has 1 saturated heterocycles. The standard InChI is InChI=1S/C21H21BrClN3O3S2/c1-29-18-5-2-15(3-6-18)12-17-14-30-21(24-17)25-8-10-26(11-9-25)31(27,28)20-7-4-16(22)13-19(20)23/h2-7,13-14H,8-12H2,1H3. The first-order valence-electron chi connectivity index (χ1n) is 9.64. The Morgan fingerprint density at radius 3 is 2.48 bits per heavy atom. The maximum Gasteiger partial charge on any atom is 0.244 e. The summed E-state index contributed by atoms with van der Waals surface area (Å²) in [4.78, 5) is 7.04. The van der Waals surface area contributed by atoms with Crippen molar-refractivity contribution in [3.8, 4) is 5.75 Å². The van der Waals surface area contributed by atoms with Gasteiger partial charge >= 0.3 is 0 Å². The van der Waals surface area contributed by atoms with Gasteiger partial charge in [0.2, 0.25) is 10.0 Å². The number of sulfonamides is 1. The number of rotatable bonds is 6. The molecular weight excluding hydrogens is 522 g/mol. The summed E-state index contributed by atoms with van der Waals surface area (Å²) in [5.74, 6) is 0.833. The molecule has 164 valence electrons. The van der Waals surface area contributed by atoms with Crippen LogP contribution in [0.4, 0.5) is 5.13 Å². The van der Waals surface area contributed by atoms with E-state index in [-0.39, 0.29) is 9.92 Å². The Labute approximate surface area is 199 Å². The van der Waals surface area contributed by atoms with E-state index in [0.29, 0.717) is 26.2 Å². The fraction of sp³-hybridized carbons (Fsp3) is 0.286. The van der Waals surface area contributed by atoms with Crippen molar-refractivity contribution in [3.05, 3.63) is 68.6 Å². The minimum Gasteiger partial charge on any atom is -0.497 e. The Hall–Kier alpha value is -1.65. The molecule has 1 aliphatic rings. The van der Waals surface area contributed by atoms with Crippen LogP contribution in [0.2, 0.25) is 5.02 Å². The van der Waals surface area contributed by atoms with Crippen molar-refractivity contribution in [2.24, 2.45) is 0 Å². The molecule has 2 heterocycles. The van der Waals surface area contributed by atoms with Gasteiger partial charge in [-0.1, -0.05) is 39.7 Å². The number of piperazine rings is 1. The second-order valence-electron chi connectivity index (χ2n) is 7.11. The van der Waals surface area contributed by atoms with Crippen molar-refractivity contribution in [1.82, 2.24) is 9.29 Å². The quantitative estimate of drug-likeness (QED) is 0.453. The largest absolute Gasteiger partial charge is 0.497 e. The minimum atomic E-state index is -3.63. The summed E-state index contributed by atoms with van der Waals surface area (Å²) < 4.78 is 33.4. The van der Waals surface area contributed by atoms with Gasteiger partial charge in [-0.25, -0.2) is 13.4 Å². The summed E-state index contributed by atoms with van der Waals surface area (Å²) >= 11 is 11.1. The molecule has 0 spiro atoms. The molecule has 0 bridgehead atoms. The van der Waals surface area contributed by atoms with Crippen LogP contribution in [0.5, 0.6) is 5.75 Å². The first kappa shape index (κ1) is 22.5. The number of aromatic nitrogens is 1. The molecule has 0 radical (unpaired) electrons. The van der Waals surface area contributed by atoms with E-state index >= 15 is 0 Å². The van der Waals surface area contributed by atoms with Crippen LogP contribution in [0, 0.1) is 0 Å². The third kappa shape index (κ3) is 5.06. The van der Waals surface area contributed by atoms with E-state index in [9.17, 15) is 8.42 Å². The van der Waals surface area contributed by atoms with Crippen LogP contribution in [-0.2, 0) is 16.4 Å². The van der Waals surface area contributed by atoms with Gasteiger partial charge in [-0.3, -0.25) is 0 Å². The van der Waals surface area contributed by atoms with Crippen LogP contribution in [-0.4, -0.2) is 51.0 Å². The molecule has 2 aromatic carbocycles. The van der Waals surface area contributed by atoms with E-state index in [4.69, 9.17) is 21.3 Å². The number of thiazole rings is 1. The number of anilines is 1. The SMILES string of the molecule is COc1ccc(Cc2csc(N3CCN(S(=O)(=O)c4ccc(Br)cc4Cl)CC3)n2)cc1. The van der Waals surface area contributed by atoms with E-state index in [1.54, 1.807) is 36.6 Å². The highest BCUT2D eigenvalue weighted by Crippen LogP contribution is 2.30. The molecule has 0 saturated carbocycles. The lowest BCUT2D eigenvalue weighted by atomic mass is 10.1. The summed E-state index contributed by atoms with van der Waals surface area (Å²) in [7, 11) is -1.98. The zero-order valence-corrected chi connectivity index (χ0v) is 20.8. The molecule has 10 heteroatoms. The predicted molar refractivity (Wildman–Crippen MR) is 128 cm³/mol. The topological polar surface area (TPSA) is 62.7 Å². The lowest BCUT2D eigenvalue weighted by Crippen LogP contribution is -2.48. The van der Waals surface area contributed by atoms with Crippen molar-refractivity contribution < 1.29 is 13.2 Å². The maximum atomic E-state index is 13.0. The first-order valence-corrected chi connectivity index (χ1v) is 13.1. The highest BCUT2D eigenvalue weighted by atomic mass is 79.9. The van der Waals surface area contributed by atoms with Gasteiger partial charge in [-0.2, -0.15) is 4.31 Å². The number of halogens is 2. The van der Waals surface area contributed by atoms with E-state index < -0.39 is 10.0 Å². The summed E-state index contributed by atoms with van der Waals surface area (Å²) in [6.45, 7) is 1.95. The second kappa shape index (κ2) is 9.46. The third-order valence-corrected chi connectivity index (χ3v) is 8.93. The van der Waals surface area contributed by atoms with Crippen LogP contribution >= 0.6 is 38.9 Å². The molecule has 4 rings (SSSR count). The summed E-state index contributed by atoms with van der Waals surface area (Å²) in [5.41, 5.74) is 2.17. The number of nitrogens with zero attached hydrogens (tertiary/aromatic N) is 3. The number of hydrogen-bond donors (Lipinski definition) is 0. The van der Waals surface area contributed by atoms with Crippen molar-refractivity contribution in [1.29, 1.82) is 0 Å². The van der Waals surface area contributed by atoms with Gasteiger partial charge in [-0.15, -0.1) is 11.3 Å². The van der Waals surface area contributed by atoms with Crippen molar-refractivity contribution in [3.63, 3.8) is 0 Å². The van der Waals surface area contributed by atoms with Gasteiger partial charge in [0.25, 0.3) is 0 Å². The van der Waals surface area contributed by atoms with Crippen LogP contribution in [0.3, 0.4) is 0 Å². The lowest BCUT2D eigenvalue weighted by Gasteiger charge is -2.34. The van der Waals surface area contributed by atoms with Gasteiger partial charge in [0.05, 0.1) is 17.8 Å². The number of hydrogen-bond acceptors (Lipinski definition) is 6. The van der Waals surface area contributed by atoms with Crippen LogP contribution in [0.1, 0.15) is 11.3 Å². The number of benzene rings is 2. The second-order valence-corrected chi connectivity index (χ2v) is 11.2. The van der Waals surface area contributed by atoms with Crippen molar-refractivity contribution >= 4 is 54.0 Å². The first-order chi connectivity index (χ1) is 14.9. The van der Waals surface area contributed by atoms with E-state index in [1.165, 1.54) is 9.87 Å². The van der Waals surface area contributed by atoms with Gasteiger partial charge in [0, 0.05) is 42.5 Å². The minimum absolute atomic E-state index is 0.141. The van der Waals surface area contributed by atoms with E-state index in [0.717, 1.165) is 27.5 Å². The summed E-state index contributed by atoms with van der Waals surface area (Å²) in [6, 6.07) is 12.8. The van der Waals surface area contributed by atoms with Gasteiger partial charge in [-0.05, 0) is 35.9 Å². The Balaban J connectivity index is 1.39. The van der Waals surface area contributed by atoms with Crippen molar-refractivity contribution in [2.45, 2.75) is 11.3 Å². The molecular formula is C21H21BrClN3O3S2. The molecule has 1 aliphatic heterocycles. The monoisotopic (exact) mass is 541 g/mol. The average molecular weight is 543 g/mol. The Kier molecular flexibility index (Phi) is 6.88. The molecule has 3 aromatic rings. The molecule has 1 fully saturated rings.